The fourth-order valence-electron chi connectivity index (χ4n) is 3.08. The number of amides is 2. The number of aromatic nitrogens is 1. The first-order valence-corrected chi connectivity index (χ1v) is 12.5. The van der Waals surface area contributed by atoms with Crippen LogP contribution in [0, 0.1) is 0 Å². The van der Waals surface area contributed by atoms with Crippen LogP contribution in [0.5, 0.6) is 0 Å². The summed E-state index contributed by atoms with van der Waals surface area (Å²) in [4.78, 5) is 32.5. The number of carbonyl (C=O) groups is 2. The van der Waals surface area contributed by atoms with Crippen molar-refractivity contribution in [3.63, 3.8) is 0 Å². The second kappa shape index (κ2) is 11.5. The Kier molecular flexibility index (Phi) is 8.45. The van der Waals surface area contributed by atoms with Crippen molar-refractivity contribution in [1.29, 1.82) is 0 Å². The Morgan fingerprint density at radius 1 is 1.09 bits per heavy atom. The lowest BCUT2D eigenvalue weighted by Crippen LogP contribution is -2.17. The van der Waals surface area contributed by atoms with Gasteiger partial charge in [0.15, 0.2) is 5.13 Å². The zero-order valence-electron chi connectivity index (χ0n) is 18.2. The Bertz CT molecular complexity index is 1170. The lowest BCUT2D eigenvalue weighted by molar-refractivity contribution is -0.114. The van der Waals surface area contributed by atoms with E-state index in [-0.39, 0.29) is 5.91 Å². The van der Waals surface area contributed by atoms with Crippen LogP contribution in [0.1, 0.15) is 28.6 Å². The average molecular weight is 485 g/mol. The van der Waals surface area contributed by atoms with Crippen molar-refractivity contribution < 1.29 is 18.9 Å². The molecule has 0 radical (unpaired) electrons. The molecule has 0 aliphatic rings. The van der Waals surface area contributed by atoms with Gasteiger partial charge in [0.2, 0.25) is 5.91 Å². The predicted octanol–water partition coefficient (Wildman–Crippen LogP) is 4.14. The predicted molar refractivity (Wildman–Crippen MR) is 131 cm³/mol. The number of nitrogens with zero attached hydrogens (tertiary/aromatic N) is 2. The van der Waals surface area contributed by atoms with E-state index < -0.39 is 16.9 Å². The van der Waals surface area contributed by atoms with Crippen molar-refractivity contribution in [2.45, 2.75) is 31.1 Å². The van der Waals surface area contributed by atoms with Crippen LogP contribution in [-0.4, -0.2) is 38.9 Å². The lowest BCUT2D eigenvalue weighted by atomic mass is 10.0. The fourth-order valence-corrected chi connectivity index (χ4v) is 4.69. The number of aliphatic imine (C=N–C) groups is 1. The fraction of sp³-hybridized carbons (Fsp3) is 0.217. The third-order valence-electron chi connectivity index (χ3n) is 4.67. The van der Waals surface area contributed by atoms with E-state index in [1.165, 1.54) is 18.3 Å². The first-order chi connectivity index (χ1) is 15.8. The van der Waals surface area contributed by atoms with Crippen LogP contribution in [-0.2, 0) is 34.9 Å². The van der Waals surface area contributed by atoms with Crippen molar-refractivity contribution in [3.05, 3.63) is 70.2 Å². The largest absolute Gasteiger partial charge is 0.465 e. The summed E-state index contributed by atoms with van der Waals surface area (Å²) in [5.74, 6) is -0.162. The van der Waals surface area contributed by atoms with E-state index in [4.69, 9.17) is 5.11 Å². The van der Waals surface area contributed by atoms with Crippen LogP contribution in [0.2, 0.25) is 0 Å². The van der Waals surface area contributed by atoms with Crippen LogP contribution >= 0.6 is 11.3 Å². The van der Waals surface area contributed by atoms with Gasteiger partial charge >= 0.3 is 6.09 Å². The molecule has 10 heteroatoms. The molecule has 8 nitrogen and oxygen atoms in total. The maximum atomic E-state index is 11.6. The molecule has 1 atom stereocenters. The van der Waals surface area contributed by atoms with E-state index in [1.807, 2.05) is 48.5 Å². The molecule has 33 heavy (non-hydrogen) atoms. The van der Waals surface area contributed by atoms with Crippen molar-refractivity contribution >= 4 is 51.3 Å². The van der Waals surface area contributed by atoms with E-state index >= 15 is 0 Å². The maximum Gasteiger partial charge on any atom is 0.409 e. The number of anilines is 1. The van der Waals surface area contributed by atoms with Gasteiger partial charge in [0, 0.05) is 40.2 Å². The van der Waals surface area contributed by atoms with E-state index in [2.05, 4.69) is 20.6 Å². The Balaban J connectivity index is 1.71. The topological polar surface area (TPSA) is 121 Å². The molecule has 0 aliphatic carbocycles. The molecule has 0 aliphatic heterocycles. The molecule has 1 unspecified atom stereocenters. The Hall–Kier alpha value is -3.37. The number of thiazole rings is 1. The number of aryl methyl sites for hydroxylation is 2. The van der Waals surface area contributed by atoms with Gasteiger partial charge < -0.3 is 10.4 Å². The van der Waals surface area contributed by atoms with E-state index in [1.54, 1.807) is 6.26 Å². The summed E-state index contributed by atoms with van der Waals surface area (Å²) >= 11 is 1.47. The number of carboxylic acid groups (broad SMARTS) is 1. The van der Waals surface area contributed by atoms with Crippen LogP contribution in [0.25, 0.3) is 0 Å². The molecule has 2 aromatic carbocycles. The molecule has 2 amide bonds. The van der Waals surface area contributed by atoms with Crippen LogP contribution in [0.3, 0.4) is 0 Å². The molecule has 0 saturated carbocycles. The summed E-state index contributed by atoms with van der Waals surface area (Å²) in [5, 5.41) is 14.0. The van der Waals surface area contributed by atoms with Gasteiger partial charge in [-0.1, -0.05) is 24.3 Å². The highest BCUT2D eigenvalue weighted by Gasteiger charge is 2.13. The van der Waals surface area contributed by atoms with Gasteiger partial charge in [-0.2, -0.15) is 0 Å². The molecular weight excluding hydrogens is 460 g/mol. The summed E-state index contributed by atoms with van der Waals surface area (Å²) < 4.78 is 11.6. The lowest BCUT2D eigenvalue weighted by Gasteiger charge is -2.05. The maximum absolute atomic E-state index is 11.6. The Morgan fingerprint density at radius 3 is 2.36 bits per heavy atom. The minimum atomic E-state index is -1.16. The van der Waals surface area contributed by atoms with Gasteiger partial charge in [-0.15, -0.1) is 11.3 Å². The number of nitrogens with one attached hydrogen (secondary N) is 2. The summed E-state index contributed by atoms with van der Waals surface area (Å²) in [7, 11) is -1.02. The Morgan fingerprint density at radius 2 is 1.76 bits per heavy atom. The SMILES string of the molecule is CC(=O)Nc1nc(CCc2ccc(N=CNC(=O)O)cc2)c(Cc2ccc(S(C)=O)cc2)s1. The molecule has 3 N–H and O–H groups in total. The van der Waals surface area contributed by atoms with E-state index in [0.29, 0.717) is 23.7 Å². The smallest absolute Gasteiger partial charge is 0.409 e. The quantitative estimate of drug-likeness (QED) is 0.311. The van der Waals surface area contributed by atoms with Gasteiger partial charge in [-0.3, -0.25) is 14.3 Å². The minimum absolute atomic E-state index is 0.162. The van der Waals surface area contributed by atoms with Crippen LogP contribution in [0.4, 0.5) is 15.6 Å². The number of hydrogen-bond acceptors (Lipinski definition) is 6. The zero-order valence-corrected chi connectivity index (χ0v) is 19.8. The molecule has 0 fully saturated rings. The molecule has 0 bridgehead atoms. The molecular formula is C23H24N4O4S2. The summed E-state index contributed by atoms with van der Waals surface area (Å²) in [5.41, 5.74) is 3.75. The molecule has 1 aromatic heterocycles. The van der Waals surface area contributed by atoms with E-state index in [9.17, 15) is 13.8 Å². The average Bonchev–Trinajstić information content (AvgIpc) is 3.13. The third-order valence-corrected chi connectivity index (χ3v) is 6.62. The number of benzene rings is 2. The highest BCUT2D eigenvalue weighted by Crippen LogP contribution is 2.27. The molecule has 0 spiro atoms. The van der Waals surface area contributed by atoms with Crippen molar-refractivity contribution in [1.82, 2.24) is 10.3 Å². The van der Waals surface area contributed by atoms with Gasteiger partial charge in [-0.05, 0) is 48.2 Å². The zero-order chi connectivity index (χ0) is 23.8. The molecule has 172 valence electrons. The summed E-state index contributed by atoms with van der Waals surface area (Å²) in [6.07, 6.45) is 3.75. The molecule has 0 saturated heterocycles. The first-order valence-electron chi connectivity index (χ1n) is 10.1. The van der Waals surface area contributed by atoms with Gasteiger partial charge in [-0.25, -0.2) is 14.8 Å². The summed E-state index contributed by atoms with van der Waals surface area (Å²) in [6.45, 7) is 1.46. The normalized spacial score (nSPS) is 11.9. The van der Waals surface area contributed by atoms with Gasteiger partial charge in [0.1, 0.15) is 0 Å². The van der Waals surface area contributed by atoms with Crippen molar-refractivity contribution in [2.75, 3.05) is 11.6 Å². The standard InChI is InChI=1S/C23H24N4O4S2/c1-15(28)26-22-27-20(21(32-22)13-17-5-10-19(11-6-17)33(2)31)12-7-16-3-8-18(9-4-16)24-14-25-23(29)30/h3-6,8-11,14H,7,12-13H2,1-2H3,(H,24,25)(H,29,30)(H,26,27,28). The van der Waals surface area contributed by atoms with Crippen LogP contribution in [0.15, 0.2) is 58.4 Å². The van der Waals surface area contributed by atoms with Crippen molar-refractivity contribution in [3.8, 4) is 0 Å². The number of rotatable bonds is 9. The summed E-state index contributed by atoms with van der Waals surface area (Å²) in [6, 6.07) is 15.2. The minimum Gasteiger partial charge on any atom is -0.465 e. The first kappa shape index (κ1) is 24.3. The van der Waals surface area contributed by atoms with Gasteiger partial charge in [0.25, 0.3) is 0 Å². The molecule has 3 aromatic rings. The van der Waals surface area contributed by atoms with Gasteiger partial charge in [0.05, 0.1) is 17.7 Å². The molecule has 1 heterocycles. The highest BCUT2D eigenvalue weighted by atomic mass is 32.2. The Labute approximate surface area is 198 Å². The second-order valence-corrected chi connectivity index (χ2v) is 9.68. The monoisotopic (exact) mass is 484 g/mol. The molecule has 3 rings (SSSR count). The van der Waals surface area contributed by atoms with Crippen LogP contribution < -0.4 is 10.6 Å². The second-order valence-electron chi connectivity index (χ2n) is 7.22. The number of hydrogen-bond donors (Lipinski definition) is 3. The van der Waals surface area contributed by atoms with E-state index in [0.717, 1.165) is 39.4 Å². The highest BCUT2D eigenvalue weighted by molar-refractivity contribution is 7.84. The van der Waals surface area contributed by atoms with Crippen molar-refractivity contribution in [2.24, 2.45) is 4.99 Å². The third kappa shape index (κ3) is 7.62. The number of carbonyl (C=O) groups excluding carboxylic acids is 1.